The largest absolute Gasteiger partial charge is 0.397 e. The number of nitrogens with zero attached hydrogens (tertiary/aromatic N) is 2. The fourth-order valence-corrected chi connectivity index (χ4v) is 2.81. The van der Waals surface area contributed by atoms with E-state index in [1.165, 1.54) is 0 Å². The van der Waals surface area contributed by atoms with Gasteiger partial charge in [0.2, 0.25) is 0 Å². The van der Waals surface area contributed by atoms with E-state index >= 15 is 0 Å². The summed E-state index contributed by atoms with van der Waals surface area (Å²) in [6.07, 6.45) is 1.79. The molecule has 17 heavy (non-hydrogen) atoms. The smallest absolute Gasteiger partial charge is 0.126 e. The zero-order chi connectivity index (χ0) is 11.8. The van der Waals surface area contributed by atoms with Crippen LogP contribution in [0.3, 0.4) is 0 Å². The van der Waals surface area contributed by atoms with Crippen LogP contribution in [0, 0.1) is 6.92 Å². The van der Waals surface area contributed by atoms with Crippen molar-refractivity contribution in [2.24, 2.45) is 0 Å². The van der Waals surface area contributed by atoms with Crippen LogP contribution in [0.15, 0.2) is 35.8 Å². The monoisotopic (exact) mass is 241 g/mol. The number of thiophene rings is 1. The number of aromatic nitrogens is 2. The van der Waals surface area contributed by atoms with E-state index in [1.54, 1.807) is 17.5 Å². The molecule has 0 fully saturated rings. The molecule has 0 amide bonds. The van der Waals surface area contributed by atoms with Gasteiger partial charge in [-0.2, -0.15) is 0 Å². The lowest BCUT2D eigenvalue weighted by molar-refractivity contribution is 1.26. The minimum atomic E-state index is 0.776. The first-order valence-electron chi connectivity index (χ1n) is 5.31. The van der Waals surface area contributed by atoms with Gasteiger partial charge in [-0.05, 0) is 25.1 Å². The van der Waals surface area contributed by atoms with Crippen molar-refractivity contribution < 1.29 is 0 Å². The molecular weight excluding hydrogens is 230 g/mol. The molecule has 2 N–H and O–H groups in total. The van der Waals surface area contributed by atoms with Gasteiger partial charge >= 0.3 is 0 Å². The molecule has 0 saturated heterocycles. The standard InChI is InChI=1S/C13H11N3S/c1-8-6-9(11-4-2-3-5-15-11)12-10(14)7-17-13(12)16-8/h2-7H,14H2,1H3. The van der Waals surface area contributed by atoms with Gasteiger partial charge in [-0.25, -0.2) is 4.98 Å². The average Bonchev–Trinajstić information content (AvgIpc) is 2.71. The highest BCUT2D eigenvalue weighted by Crippen LogP contribution is 2.35. The van der Waals surface area contributed by atoms with Crippen molar-refractivity contribution in [3.8, 4) is 11.3 Å². The highest BCUT2D eigenvalue weighted by atomic mass is 32.1. The topological polar surface area (TPSA) is 51.8 Å². The molecule has 84 valence electrons. The van der Waals surface area contributed by atoms with E-state index in [4.69, 9.17) is 5.73 Å². The Morgan fingerprint density at radius 1 is 1.29 bits per heavy atom. The molecule has 0 aliphatic carbocycles. The molecule has 0 radical (unpaired) electrons. The summed E-state index contributed by atoms with van der Waals surface area (Å²) in [5.74, 6) is 0. The van der Waals surface area contributed by atoms with Crippen molar-refractivity contribution >= 4 is 27.2 Å². The summed E-state index contributed by atoms with van der Waals surface area (Å²) in [6.45, 7) is 1.99. The van der Waals surface area contributed by atoms with Crippen LogP contribution in [0.25, 0.3) is 21.5 Å². The number of aryl methyl sites for hydroxylation is 1. The van der Waals surface area contributed by atoms with Gasteiger partial charge in [0.25, 0.3) is 0 Å². The molecule has 0 atom stereocenters. The van der Waals surface area contributed by atoms with Gasteiger partial charge in [0.05, 0.1) is 11.4 Å². The van der Waals surface area contributed by atoms with Crippen molar-refractivity contribution in [3.63, 3.8) is 0 Å². The van der Waals surface area contributed by atoms with E-state index in [1.807, 2.05) is 36.6 Å². The molecule has 0 spiro atoms. The van der Waals surface area contributed by atoms with Crippen LogP contribution in [-0.2, 0) is 0 Å². The van der Waals surface area contributed by atoms with Gasteiger partial charge < -0.3 is 5.73 Å². The zero-order valence-corrected chi connectivity index (χ0v) is 10.2. The van der Waals surface area contributed by atoms with E-state index in [0.29, 0.717) is 0 Å². The molecule has 3 heterocycles. The number of anilines is 1. The first-order chi connectivity index (χ1) is 8.25. The number of nitrogen functional groups attached to an aromatic ring is 1. The lowest BCUT2D eigenvalue weighted by atomic mass is 10.1. The second-order valence-corrected chi connectivity index (χ2v) is 4.76. The van der Waals surface area contributed by atoms with Gasteiger partial charge in [0.15, 0.2) is 0 Å². The predicted molar refractivity (Wildman–Crippen MR) is 72.0 cm³/mol. The summed E-state index contributed by atoms with van der Waals surface area (Å²) in [5, 5.41) is 2.95. The molecule has 3 rings (SSSR count). The van der Waals surface area contributed by atoms with Crippen molar-refractivity contribution in [2.45, 2.75) is 6.92 Å². The lowest BCUT2D eigenvalue weighted by Crippen LogP contribution is -1.90. The Bertz CT molecular complexity index is 674. The maximum Gasteiger partial charge on any atom is 0.126 e. The Kier molecular flexibility index (Phi) is 2.30. The Hall–Kier alpha value is -1.94. The number of rotatable bonds is 1. The normalized spacial score (nSPS) is 10.9. The third kappa shape index (κ3) is 1.66. The number of nitrogens with two attached hydrogens (primary N) is 1. The first kappa shape index (κ1) is 10.2. The fourth-order valence-electron chi connectivity index (χ4n) is 1.91. The minimum Gasteiger partial charge on any atom is -0.397 e. The molecule has 0 unspecified atom stereocenters. The van der Waals surface area contributed by atoms with Crippen molar-refractivity contribution in [2.75, 3.05) is 5.73 Å². The van der Waals surface area contributed by atoms with Gasteiger partial charge in [-0.1, -0.05) is 6.07 Å². The number of hydrogen-bond acceptors (Lipinski definition) is 4. The van der Waals surface area contributed by atoms with Crippen molar-refractivity contribution in [1.29, 1.82) is 0 Å². The van der Waals surface area contributed by atoms with E-state index in [2.05, 4.69) is 9.97 Å². The summed E-state index contributed by atoms with van der Waals surface area (Å²) in [5.41, 5.74) is 9.77. The second-order valence-electron chi connectivity index (χ2n) is 3.90. The van der Waals surface area contributed by atoms with E-state index < -0.39 is 0 Å². The van der Waals surface area contributed by atoms with E-state index in [9.17, 15) is 0 Å². The zero-order valence-electron chi connectivity index (χ0n) is 9.34. The number of pyridine rings is 2. The van der Waals surface area contributed by atoms with Crippen LogP contribution in [0.1, 0.15) is 5.69 Å². The van der Waals surface area contributed by atoms with Crippen molar-refractivity contribution in [3.05, 3.63) is 41.5 Å². The highest BCUT2D eigenvalue weighted by molar-refractivity contribution is 7.17. The summed E-state index contributed by atoms with van der Waals surface area (Å²) in [6, 6.07) is 7.91. The van der Waals surface area contributed by atoms with E-state index in [0.717, 1.165) is 32.9 Å². The molecule has 0 aliphatic heterocycles. The van der Waals surface area contributed by atoms with Gasteiger partial charge in [0, 0.05) is 28.2 Å². The maximum atomic E-state index is 6.01. The SMILES string of the molecule is Cc1cc(-c2ccccn2)c2c(N)csc2n1. The lowest BCUT2D eigenvalue weighted by Gasteiger charge is -2.05. The third-order valence-electron chi connectivity index (χ3n) is 2.64. The molecule has 4 heteroatoms. The van der Waals surface area contributed by atoms with Crippen LogP contribution in [0.2, 0.25) is 0 Å². The van der Waals surface area contributed by atoms with Gasteiger partial charge in [-0.3, -0.25) is 4.98 Å². The number of hydrogen-bond donors (Lipinski definition) is 1. The first-order valence-corrected chi connectivity index (χ1v) is 6.19. The Labute approximate surface area is 103 Å². The van der Waals surface area contributed by atoms with Crippen LogP contribution in [0.4, 0.5) is 5.69 Å². The third-order valence-corrected chi connectivity index (χ3v) is 3.53. The summed E-state index contributed by atoms with van der Waals surface area (Å²) in [7, 11) is 0. The van der Waals surface area contributed by atoms with Gasteiger partial charge in [-0.15, -0.1) is 11.3 Å². The Morgan fingerprint density at radius 2 is 2.18 bits per heavy atom. The number of fused-ring (bicyclic) bond motifs is 1. The quantitative estimate of drug-likeness (QED) is 0.711. The molecule has 3 aromatic rings. The minimum absolute atomic E-state index is 0.776. The molecular formula is C13H11N3S. The fraction of sp³-hybridized carbons (Fsp3) is 0.0769. The average molecular weight is 241 g/mol. The molecule has 0 aliphatic rings. The maximum absolute atomic E-state index is 6.01. The predicted octanol–water partition coefficient (Wildman–Crippen LogP) is 3.25. The van der Waals surface area contributed by atoms with Crippen molar-refractivity contribution in [1.82, 2.24) is 9.97 Å². The molecule has 0 aromatic carbocycles. The molecule has 3 aromatic heterocycles. The molecule has 0 saturated carbocycles. The van der Waals surface area contributed by atoms with Crippen LogP contribution in [0.5, 0.6) is 0 Å². The van der Waals surface area contributed by atoms with E-state index in [-0.39, 0.29) is 0 Å². The van der Waals surface area contributed by atoms with Crippen LogP contribution < -0.4 is 5.73 Å². The van der Waals surface area contributed by atoms with Crippen LogP contribution >= 0.6 is 11.3 Å². The van der Waals surface area contributed by atoms with Crippen LogP contribution in [-0.4, -0.2) is 9.97 Å². The highest BCUT2D eigenvalue weighted by Gasteiger charge is 2.11. The second kappa shape index (κ2) is 3.82. The summed E-state index contributed by atoms with van der Waals surface area (Å²) < 4.78 is 0. The summed E-state index contributed by atoms with van der Waals surface area (Å²) in [4.78, 5) is 9.85. The molecule has 3 nitrogen and oxygen atoms in total. The molecule has 0 bridgehead atoms. The van der Waals surface area contributed by atoms with Gasteiger partial charge in [0.1, 0.15) is 4.83 Å². The summed E-state index contributed by atoms with van der Waals surface area (Å²) >= 11 is 1.57. The Balaban J connectivity index is 2.39. The Morgan fingerprint density at radius 3 is 2.94 bits per heavy atom.